The molecule has 2 heteroatoms. The molecule has 0 aromatic carbocycles. The molecule has 1 saturated carbocycles. The van der Waals surface area contributed by atoms with Crippen molar-refractivity contribution in [3.05, 3.63) is 24.2 Å². The molecule has 0 radical (unpaired) electrons. The summed E-state index contributed by atoms with van der Waals surface area (Å²) in [4.78, 5) is 0. The number of rotatable bonds is 6. The van der Waals surface area contributed by atoms with Crippen LogP contribution in [0.4, 0.5) is 0 Å². The summed E-state index contributed by atoms with van der Waals surface area (Å²) >= 11 is 0. The molecule has 1 fully saturated rings. The van der Waals surface area contributed by atoms with Crippen molar-refractivity contribution < 1.29 is 4.42 Å². The highest BCUT2D eigenvalue weighted by Crippen LogP contribution is 2.42. The van der Waals surface area contributed by atoms with Crippen LogP contribution < -0.4 is 5.73 Å². The van der Waals surface area contributed by atoms with Crippen molar-refractivity contribution in [3.8, 4) is 0 Å². The molecule has 0 saturated heterocycles. The molecule has 0 amide bonds. The Morgan fingerprint density at radius 1 is 1.39 bits per heavy atom. The lowest BCUT2D eigenvalue weighted by Crippen LogP contribution is -2.36. The lowest BCUT2D eigenvalue weighted by molar-refractivity contribution is 0.149. The first-order valence-corrected chi connectivity index (χ1v) is 7.49. The number of furan rings is 1. The van der Waals surface area contributed by atoms with Crippen molar-refractivity contribution in [2.24, 2.45) is 17.1 Å². The summed E-state index contributed by atoms with van der Waals surface area (Å²) in [6, 6.07) is 2.08. The molecule has 0 bridgehead atoms. The predicted molar refractivity (Wildman–Crippen MR) is 75.4 cm³/mol. The van der Waals surface area contributed by atoms with Crippen molar-refractivity contribution in [3.63, 3.8) is 0 Å². The van der Waals surface area contributed by atoms with E-state index in [9.17, 15) is 0 Å². The van der Waals surface area contributed by atoms with Crippen LogP contribution in [0.15, 0.2) is 23.0 Å². The van der Waals surface area contributed by atoms with Gasteiger partial charge in [0.25, 0.3) is 0 Å². The van der Waals surface area contributed by atoms with E-state index in [4.69, 9.17) is 10.2 Å². The van der Waals surface area contributed by atoms with Crippen molar-refractivity contribution in [1.29, 1.82) is 0 Å². The third-order valence-electron chi connectivity index (χ3n) is 4.72. The Bertz CT molecular complexity index is 323. The van der Waals surface area contributed by atoms with Gasteiger partial charge in [-0.3, -0.25) is 0 Å². The van der Waals surface area contributed by atoms with E-state index in [0.717, 1.165) is 18.9 Å². The Labute approximate surface area is 111 Å². The molecule has 102 valence electrons. The standard InChI is InChI=1S/C16H27NO/c1-2-3-4-14-5-8-16(13-17,9-6-14)11-15-7-10-18-12-15/h7,10,12,14H,2-6,8-9,11,13,17H2,1H3. The largest absolute Gasteiger partial charge is 0.472 e. The van der Waals surface area contributed by atoms with Crippen LogP contribution in [0.5, 0.6) is 0 Å². The quantitative estimate of drug-likeness (QED) is 0.822. The fourth-order valence-corrected chi connectivity index (χ4v) is 3.35. The van der Waals surface area contributed by atoms with Gasteiger partial charge in [-0.15, -0.1) is 0 Å². The number of nitrogens with two attached hydrogens (primary N) is 1. The summed E-state index contributed by atoms with van der Waals surface area (Å²) in [5, 5.41) is 0. The zero-order valence-corrected chi connectivity index (χ0v) is 11.7. The normalized spacial score (nSPS) is 28.4. The van der Waals surface area contributed by atoms with Gasteiger partial charge in [0.05, 0.1) is 12.5 Å². The fraction of sp³-hybridized carbons (Fsp3) is 0.750. The molecule has 18 heavy (non-hydrogen) atoms. The van der Waals surface area contributed by atoms with Gasteiger partial charge in [0, 0.05) is 0 Å². The van der Waals surface area contributed by atoms with Gasteiger partial charge in [0.1, 0.15) is 0 Å². The minimum Gasteiger partial charge on any atom is -0.472 e. The highest BCUT2D eigenvalue weighted by molar-refractivity contribution is 5.09. The molecule has 0 unspecified atom stereocenters. The van der Waals surface area contributed by atoms with Crippen molar-refractivity contribution >= 4 is 0 Å². The number of hydrogen-bond acceptors (Lipinski definition) is 2. The smallest absolute Gasteiger partial charge is 0.0934 e. The fourth-order valence-electron chi connectivity index (χ4n) is 3.35. The van der Waals surface area contributed by atoms with Gasteiger partial charge in [0.2, 0.25) is 0 Å². The maximum Gasteiger partial charge on any atom is 0.0934 e. The first-order valence-electron chi connectivity index (χ1n) is 7.49. The lowest BCUT2D eigenvalue weighted by atomic mass is 9.67. The Balaban J connectivity index is 1.87. The van der Waals surface area contributed by atoms with Crippen molar-refractivity contribution in [2.45, 2.75) is 58.3 Å². The molecule has 0 spiro atoms. The van der Waals surface area contributed by atoms with E-state index in [1.165, 1.54) is 50.5 Å². The highest BCUT2D eigenvalue weighted by Gasteiger charge is 2.34. The number of hydrogen-bond donors (Lipinski definition) is 1. The second-order valence-corrected chi connectivity index (χ2v) is 6.10. The molecule has 2 N–H and O–H groups in total. The monoisotopic (exact) mass is 249 g/mol. The van der Waals surface area contributed by atoms with Gasteiger partial charge in [-0.05, 0) is 61.6 Å². The summed E-state index contributed by atoms with van der Waals surface area (Å²) in [5.41, 5.74) is 7.72. The predicted octanol–water partition coefficient (Wildman–Crippen LogP) is 4.15. The van der Waals surface area contributed by atoms with Crippen LogP contribution in [-0.4, -0.2) is 6.54 Å². The van der Waals surface area contributed by atoms with E-state index < -0.39 is 0 Å². The summed E-state index contributed by atoms with van der Waals surface area (Å²) < 4.78 is 5.18. The van der Waals surface area contributed by atoms with Crippen LogP contribution in [0.1, 0.15) is 57.4 Å². The third kappa shape index (κ3) is 3.38. The first-order chi connectivity index (χ1) is 8.78. The summed E-state index contributed by atoms with van der Waals surface area (Å²) in [6.07, 6.45) is 14.2. The summed E-state index contributed by atoms with van der Waals surface area (Å²) in [5.74, 6) is 0.953. The van der Waals surface area contributed by atoms with E-state index in [1.54, 1.807) is 6.26 Å². The minimum absolute atomic E-state index is 0.340. The molecule has 2 rings (SSSR count). The summed E-state index contributed by atoms with van der Waals surface area (Å²) in [6.45, 7) is 3.10. The van der Waals surface area contributed by atoms with E-state index >= 15 is 0 Å². The SMILES string of the molecule is CCCCC1CCC(CN)(Cc2ccoc2)CC1. The first kappa shape index (κ1) is 13.7. The van der Waals surface area contributed by atoms with E-state index in [2.05, 4.69) is 13.0 Å². The average Bonchev–Trinajstić information content (AvgIpc) is 2.91. The van der Waals surface area contributed by atoms with Crippen LogP contribution in [0.2, 0.25) is 0 Å². The molecular weight excluding hydrogens is 222 g/mol. The molecule has 0 aliphatic heterocycles. The van der Waals surface area contributed by atoms with E-state index in [-0.39, 0.29) is 0 Å². The molecule has 1 aromatic rings. The lowest BCUT2D eigenvalue weighted by Gasteiger charge is -2.39. The molecule has 0 atom stereocenters. The second kappa shape index (κ2) is 6.42. The molecule has 1 aliphatic rings. The van der Waals surface area contributed by atoms with Crippen LogP contribution in [0.3, 0.4) is 0 Å². The number of unbranched alkanes of at least 4 members (excludes halogenated alkanes) is 1. The molecule has 1 aliphatic carbocycles. The van der Waals surface area contributed by atoms with Crippen LogP contribution >= 0.6 is 0 Å². The molecule has 2 nitrogen and oxygen atoms in total. The van der Waals surface area contributed by atoms with Gasteiger partial charge in [-0.25, -0.2) is 0 Å². The Kier molecular flexibility index (Phi) is 4.87. The average molecular weight is 249 g/mol. The highest BCUT2D eigenvalue weighted by atomic mass is 16.3. The Morgan fingerprint density at radius 3 is 2.72 bits per heavy atom. The Hall–Kier alpha value is -0.760. The molecular formula is C16H27NO. The van der Waals surface area contributed by atoms with Gasteiger partial charge >= 0.3 is 0 Å². The van der Waals surface area contributed by atoms with Gasteiger partial charge in [0.15, 0.2) is 0 Å². The van der Waals surface area contributed by atoms with Gasteiger partial charge < -0.3 is 10.2 Å². The van der Waals surface area contributed by atoms with Gasteiger partial charge in [-0.2, -0.15) is 0 Å². The van der Waals surface area contributed by atoms with Crippen LogP contribution in [-0.2, 0) is 6.42 Å². The van der Waals surface area contributed by atoms with Crippen LogP contribution in [0, 0.1) is 11.3 Å². The zero-order chi connectivity index (χ0) is 12.8. The molecule has 1 aromatic heterocycles. The van der Waals surface area contributed by atoms with E-state index in [1.807, 2.05) is 6.26 Å². The summed E-state index contributed by atoms with van der Waals surface area (Å²) in [7, 11) is 0. The maximum atomic E-state index is 6.07. The van der Waals surface area contributed by atoms with Crippen molar-refractivity contribution in [1.82, 2.24) is 0 Å². The molecule has 1 heterocycles. The van der Waals surface area contributed by atoms with E-state index in [0.29, 0.717) is 5.41 Å². The maximum absolute atomic E-state index is 6.07. The topological polar surface area (TPSA) is 39.2 Å². The third-order valence-corrected chi connectivity index (χ3v) is 4.72. The van der Waals surface area contributed by atoms with Gasteiger partial charge in [-0.1, -0.05) is 26.2 Å². The second-order valence-electron chi connectivity index (χ2n) is 6.10. The van der Waals surface area contributed by atoms with Crippen LogP contribution in [0.25, 0.3) is 0 Å². The minimum atomic E-state index is 0.340. The zero-order valence-electron chi connectivity index (χ0n) is 11.7. The van der Waals surface area contributed by atoms with Crippen molar-refractivity contribution in [2.75, 3.05) is 6.54 Å². The Morgan fingerprint density at radius 2 is 2.17 bits per heavy atom.